The van der Waals surface area contributed by atoms with Crippen molar-refractivity contribution in [3.05, 3.63) is 35.4 Å². The summed E-state index contributed by atoms with van der Waals surface area (Å²) in [5.41, 5.74) is 8.05. The van der Waals surface area contributed by atoms with Gasteiger partial charge in [-0.3, -0.25) is 9.69 Å². The molecule has 20 heavy (non-hydrogen) atoms. The quantitative estimate of drug-likeness (QED) is 0.763. The second kappa shape index (κ2) is 8.72. The Labute approximate surface area is 122 Å². The van der Waals surface area contributed by atoms with Crippen LogP contribution in [0.3, 0.4) is 0 Å². The van der Waals surface area contributed by atoms with Crippen LogP contribution in [0.4, 0.5) is 0 Å². The summed E-state index contributed by atoms with van der Waals surface area (Å²) in [6.07, 6.45) is 2.10. The molecule has 0 aliphatic heterocycles. The summed E-state index contributed by atoms with van der Waals surface area (Å²) < 4.78 is 0. The number of hydrogen-bond donors (Lipinski definition) is 2. The average Bonchev–Trinajstić information content (AvgIpc) is 2.39. The zero-order chi connectivity index (χ0) is 15.0. The number of benzene rings is 1. The molecule has 4 heteroatoms. The van der Waals surface area contributed by atoms with Crippen molar-refractivity contribution in [1.82, 2.24) is 10.2 Å². The molecule has 0 heterocycles. The van der Waals surface area contributed by atoms with Gasteiger partial charge in [0, 0.05) is 19.1 Å². The van der Waals surface area contributed by atoms with Gasteiger partial charge in [-0.15, -0.1) is 0 Å². The Morgan fingerprint density at radius 1 is 1.35 bits per heavy atom. The first-order valence-electron chi connectivity index (χ1n) is 7.31. The lowest BCUT2D eigenvalue weighted by molar-refractivity contribution is -0.122. The van der Waals surface area contributed by atoms with Crippen LogP contribution < -0.4 is 11.1 Å². The van der Waals surface area contributed by atoms with Gasteiger partial charge in [0.05, 0.1) is 6.54 Å². The monoisotopic (exact) mass is 277 g/mol. The molecule has 1 unspecified atom stereocenters. The van der Waals surface area contributed by atoms with Crippen LogP contribution in [0, 0.1) is 0 Å². The molecule has 0 saturated heterocycles. The highest BCUT2D eigenvalue weighted by atomic mass is 16.2. The van der Waals surface area contributed by atoms with Gasteiger partial charge < -0.3 is 11.1 Å². The first-order chi connectivity index (χ1) is 9.56. The van der Waals surface area contributed by atoms with Crippen molar-refractivity contribution < 1.29 is 4.79 Å². The maximum Gasteiger partial charge on any atom is 0.234 e. The number of nitrogens with zero attached hydrogens (tertiary/aromatic N) is 1. The van der Waals surface area contributed by atoms with E-state index in [0.29, 0.717) is 13.1 Å². The van der Waals surface area contributed by atoms with Crippen molar-refractivity contribution in [1.29, 1.82) is 0 Å². The van der Waals surface area contributed by atoms with Gasteiger partial charge in [-0.2, -0.15) is 0 Å². The molecule has 1 aromatic carbocycles. The second-order valence-corrected chi connectivity index (χ2v) is 5.40. The first kappa shape index (κ1) is 16.7. The molecule has 0 bridgehead atoms. The molecule has 0 spiro atoms. The summed E-state index contributed by atoms with van der Waals surface area (Å²) in [6.45, 7) is 5.85. The molecule has 0 aromatic heterocycles. The maximum atomic E-state index is 11.9. The summed E-state index contributed by atoms with van der Waals surface area (Å²) >= 11 is 0. The van der Waals surface area contributed by atoms with Gasteiger partial charge >= 0.3 is 0 Å². The van der Waals surface area contributed by atoms with E-state index in [0.717, 1.165) is 24.9 Å². The second-order valence-electron chi connectivity index (χ2n) is 5.40. The Balaban J connectivity index is 2.46. The van der Waals surface area contributed by atoms with E-state index in [1.165, 1.54) is 5.56 Å². The van der Waals surface area contributed by atoms with E-state index in [1.54, 1.807) is 0 Å². The lowest BCUT2D eigenvalue weighted by Crippen LogP contribution is -2.39. The predicted molar refractivity (Wildman–Crippen MR) is 83.2 cm³/mol. The third-order valence-electron chi connectivity index (χ3n) is 3.32. The van der Waals surface area contributed by atoms with Crippen LogP contribution in [-0.4, -0.2) is 30.4 Å². The fraction of sp³-hybridized carbons (Fsp3) is 0.562. The lowest BCUT2D eigenvalue weighted by Gasteiger charge is -2.20. The Kier molecular flexibility index (Phi) is 7.26. The fourth-order valence-corrected chi connectivity index (χ4v) is 2.33. The molecule has 0 aliphatic rings. The van der Waals surface area contributed by atoms with E-state index >= 15 is 0 Å². The van der Waals surface area contributed by atoms with Crippen molar-refractivity contribution in [2.45, 2.75) is 45.8 Å². The van der Waals surface area contributed by atoms with Gasteiger partial charge in [-0.25, -0.2) is 0 Å². The van der Waals surface area contributed by atoms with Crippen molar-refractivity contribution in [3.8, 4) is 0 Å². The minimum Gasteiger partial charge on any atom is -0.353 e. The first-order valence-corrected chi connectivity index (χ1v) is 7.31. The highest BCUT2D eigenvalue weighted by molar-refractivity contribution is 5.78. The Morgan fingerprint density at radius 2 is 2.00 bits per heavy atom. The minimum absolute atomic E-state index is 0.0821. The van der Waals surface area contributed by atoms with Gasteiger partial charge in [-0.1, -0.05) is 37.6 Å². The predicted octanol–water partition coefficient (Wildman–Crippen LogP) is 1.88. The number of carbonyl (C=O) groups excluding carboxylic acids is 1. The molecule has 1 atom stereocenters. The standard InChI is InChI=1S/C16H27N3O/c1-4-7-13(2)18-16(20)12-19(3)11-15-9-6-5-8-14(15)10-17/h5-6,8-9,13H,4,7,10-12,17H2,1-3H3,(H,18,20). The topological polar surface area (TPSA) is 58.4 Å². The normalized spacial score (nSPS) is 12.4. The molecular formula is C16H27N3O. The van der Waals surface area contributed by atoms with Gasteiger partial charge in [0.1, 0.15) is 0 Å². The van der Waals surface area contributed by atoms with Crippen LogP contribution in [0.15, 0.2) is 24.3 Å². The third-order valence-corrected chi connectivity index (χ3v) is 3.32. The molecule has 112 valence electrons. The molecule has 0 saturated carbocycles. The van der Waals surface area contributed by atoms with E-state index in [4.69, 9.17) is 5.73 Å². The summed E-state index contributed by atoms with van der Waals surface area (Å²) in [4.78, 5) is 13.9. The van der Waals surface area contributed by atoms with Crippen LogP contribution in [-0.2, 0) is 17.9 Å². The molecule has 4 nitrogen and oxygen atoms in total. The van der Waals surface area contributed by atoms with Crippen LogP contribution in [0.2, 0.25) is 0 Å². The van der Waals surface area contributed by atoms with Crippen molar-refractivity contribution in [3.63, 3.8) is 0 Å². The summed E-state index contributed by atoms with van der Waals surface area (Å²) in [6, 6.07) is 8.34. The highest BCUT2D eigenvalue weighted by Gasteiger charge is 2.11. The van der Waals surface area contributed by atoms with E-state index in [1.807, 2.05) is 37.1 Å². The van der Waals surface area contributed by atoms with E-state index < -0.39 is 0 Å². The van der Waals surface area contributed by atoms with Crippen LogP contribution in [0.1, 0.15) is 37.8 Å². The molecule has 1 rings (SSSR count). The maximum absolute atomic E-state index is 11.9. The summed E-state index contributed by atoms with van der Waals surface area (Å²) in [5.74, 6) is 0.0821. The number of likely N-dealkylation sites (N-methyl/N-ethyl adjacent to an activating group) is 1. The number of amides is 1. The highest BCUT2D eigenvalue weighted by Crippen LogP contribution is 2.10. The van der Waals surface area contributed by atoms with Gasteiger partial charge in [0.25, 0.3) is 0 Å². The summed E-state index contributed by atoms with van der Waals surface area (Å²) in [5, 5.41) is 3.02. The zero-order valence-corrected chi connectivity index (χ0v) is 12.9. The van der Waals surface area contributed by atoms with Gasteiger partial charge in [-0.05, 0) is 31.5 Å². The van der Waals surface area contributed by atoms with Crippen molar-refractivity contribution in [2.24, 2.45) is 5.73 Å². The zero-order valence-electron chi connectivity index (χ0n) is 12.9. The molecular weight excluding hydrogens is 250 g/mol. The molecule has 1 amide bonds. The minimum atomic E-state index is 0.0821. The largest absolute Gasteiger partial charge is 0.353 e. The lowest BCUT2D eigenvalue weighted by atomic mass is 10.1. The number of hydrogen-bond acceptors (Lipinski definition) is 3. The number of carbonyl (C=O) groups is 1. The van der Waals surface area contributed by atoms with E-state index in [2.05, 4.69) is 18.3 Å². The van der Waals surface area contributed by atoms with E-state index in [9.17, 15) is 4.79 Å². The summed E-state index contributed by atoms with van der Waals surface area (Å²) in [7, 11) is 1.96. The van der Waals surface area contributed by atoms with Crippen LogP contribution in [0.25, 0.3) is 0 Å². The third kappa shape index (κ3) is 5.72. The Bertz CT molecular complexity index is 420. The molecule has 0 fully saturated rings. The molecule has 1 aromatic rings. The van der Waals surface area contributed by atoms with Crippen molar-refractivity contribution in [2.75, 3.05) is 13.6 Å². The Hall–Kier alpha value is -1.39. The fourth-order valence-electron chi connectivity index (χ4n) is 2.33. The number of rotatable bonds is 8. The van der Waals surface area contributed by atoms with Gasteiger partial charge in [0.15, 0.2) is 0 Å². The van der Waals surface area contributed by atoms with Gasteiger partial charge in [0.2, 0.25) is 5.91 Å². The van der Waals surface area contributed by atoms with Crippen LogP contribution >= 0.6 is 0 Å². The number of nitrogens with two attached hydrogens (primary N) is 1. The Morgan fingerprint density at radius 3 is 2.60 bits per heavy atom. The average molecular weight is 277 g/mol. The van der Waals surface area contributed by atoms with Crippen molar-refractivity contribution >= 4 is 5.91 Å². The van der Waals surface area contributed by atoms with E-state index in [-0.39, 0.29) is 11.9 Å². The SMILES string of the molecule is CCCC(C)NC(=O)CN(C)Cc1ccccc1CN. The van der Waals surface area contributed by atoms with Crippen LogP contribution in [0.5, 0.6) is 0 Å². The molecule has 3 N–H and O–H groups in total. The number of nitrogens with one attached hydrogen (secondary N) is 1. The molecule has 0 aliphatic carbocycles. The molecule has 0 radical (unpaired) electrons. The smallest absolute Gasteiger partial charge is 0.234 e.